The molecule has 1 fully saturated rings. The molecule has 1 saturated heterocycles. The fourth-order valence-electron chi connectivity index (χ4n) is 2.50. The summed E-state index contributed by atoms with van der Waals surface area (Å²) in [7, 11) is 0. The third-order valence-corrected chi connectivity index (χ3v) is 4.01. The zero-order chi connectivity index (χ0) is 14.5. The molecule has 0 aromatic rings. The highest BCUT2D eigenvalue weighted by Gasteiger charge is 2.32. The summed E-state index contributed by atoms with van der Waals surface area (Å²) in [6.45, 7) is 8.07. The van der Waals surface area contributed by atoms with Crippen LogP contribution in [0.4, 0.5) is 13.2 Å². The van der Waals surface area contributed by atoms with Crippen molar-refractivity contribution in [2.45, 2.75) is 52.1 Å². The van der Waals surface area contributed by atoms with Gasteiger partial charge in [-0.2, -0.15) is 0 Å². The van der Waals surface area contributed by atoms with Gasteiger partial charge in [-0.05, 0) is 12.3 Å². The van der Waals surface area contributed by atoms with Crippen LogP contribution in [0.5, 0.6) is 0 Å². The fraction of sp³-hybridized carbons (Fsp3) is 1.00. The molecule has 0 spiro atoms. The summed E-state index contributed by atoms with van der Waals surface area (Å²) in [6, 6.07) is 0.663. The molecule has 1 N–H and O–H groups in total. The van der Waals surface area contributed by atoms with E-state index in [1.165, 1.54) is 0 Å². The van der Waals surface area contributed by atoms with Gasteiger partial charge in [0.25, 0.3) is 0 Å². The molecule has 1 aliphatic rings. The van der Waals surface area contributed by atoms with Crippen LogP contribution >= 0.6 is 0 Å². The maximum Gasteiger partial charge on any atom is 0.522 e. The quantitative estimate of drug-likeness (QED) is 0.810. The normalized spacial score (nSPS) is 27.5. The first-order chi connectivity index (χ1) is 8.87. The summed E-state index contributed by atoms with van der Waals surface area (Å²) in [4.78, 5) is 2.12. The second-order valence-electron chi connectivity index (χ2n) is 5.25. The predicted octanol–water partition coefficient (Wildman–Crippen LogP) is 2.62. The largest absolute Gasteiger partial charge is 0.522 e. The number of hydrogen-bond acceptors (Lipinski definition) is 3. The standard InChI is InChI=1S/C13H25F3N2O/c1-4-10(3)12-9-18(11(5-2)8-17-12)6-7-19-13(14,15)16/h10-12,17H,4-9H2,1-3H3. The Kier molecular flexibility index (Phi) is 6.56. The second kappa shape index (κ2) is 7.45. The molecule has 114 valence electrons. The van der Waals surface area contributed by atoms with E-state index < -0.39 is 6.36 Å². The molecule has 0 aromatic carbocycles. The Morgan fingerprint density at radius 1 is 1.37 bits per heavy atom. The van der Waals surface area contributed by atoms with Gasteiger partial charge in [-0.25, -0.2) is 0 Å². The number of nitrogens with one attached hydrogen (secondary N) is 1. The molecule has 3 nitrogen and oxygen atoms in total. The van der Waals surface area contributed by atoms with Crippen LogP contribution in [0.1, 0.15) is 33.6 Å². The molecule has 0 aliphatic carbocycles. The van der Waals surface area contributed by atoms with Gasteiger partial charge in [0.2, 0.25) is 0 Å². The SMILES string of the molecule is CCC(C)C1CN(CCOC(F)(F)F)C(CC)CN1. The summed E-state index contributed by atoms with van der Waals surface area (Å²) in [5, 5.41) is 3.50. The third-order valence-electron chi connectivity index (χ3n) is 4.01. The third kappa shape index (κ3) is 5.67. The topological polar surface area (TPSA) is 24.5 Å². The van der Waals surface area contributed by atoms with Crippen molar-refractivity contribution in [1.29, 1.82) is 0 Å². The molecule has 3 atom stereocenters. The molecule has 1 rings (SSSR count). The fourth-order valence-corrected chi connectivity index (χ4v) is 2.50. The minimum absolute atomic E-state index is 0.284. The van der Waals surface area contributed by atoms with E-state index in [-0.39, 0.29) is 6.61 Å². The maximum atomic E-state index is 12.0. The Hall–Kier alpha value is -0.330. The van der Waals surface area contributed by atoms with E-state index >= 15 is 0 Å². The zero-order valence-corrected chi connectivity index (χ0v) is 12.0. The Labute approximate surface area is 113 Å². The van der Waals surface area contributed by atoms with Crippen molar-refractivity contribution in [2.24, 2.45) is 5.92 Å². The highest BCUT2D eigenvalue weighted by molar-refractivity contribution is 4.87. The molecule has 6 heteroatoms. The molecule has 3 unspecified atom stereocenters. The summed E-state index contributed by atoms with van der Waals surface area (Å²) in [5.74, 6) is 0.531. The first-order valence-corrected chi connectivity index (χ1v) is 7.05. The van der Waals surface area contributed by atoms with E-state index in [1.807, 2.05) is 0 Å². The van der Waals surface area contributed by atoms with Crippen LogP contribution in [0.25, 0.3) is 0 Å². The number of piperazine rings is 1. The second-order valence-corrected chi connectivity index (χ2v) is 5.25. The van der Waals surface area contributed by atoms with E-state index in [4.69, 9.17) is 0 Å². The number of halogens is 3. The average Bonchev–Trinajstić information content (AvgIpc) is 2.36. The number of nitrogens with zero attached hydrogens (tertiary/aromatic N) is 1. The summed E-state index contributed by atoms with van der Waals surface area (Å²) in [5.41, 5.74) is 0. The van der Waals surface area contributed by atoms with E-state index in [0.29, 0.717) is 24.5 Å². The lowest BCUT2D eigenvalue weighted by Gasteiger charge is -2.42. The van der Waals surface area contributed by atoms with Gasteiger partial charge in [-0.15, -0.1) is 13.2 Å². The number of alkyl halides is 3. The van der Waals surface area contributed by atoms with Crippen LogP contribution < -0.4 is 5.32 Å². The molecule has 0 radical (unpaired) electrons. The van der Waals surface area contributed by atoms with Crippen LogP contribution in [-0.2, 0) is 4.74 Å². The van der Waals surface area contributed by atoms with Crippen molar-refractivity contribution in [3.8, 4) is 0 Å². The lowest BCUT2D eigenvalue weighted by atomic mass is 9.95. The molecule has 0 amide bonds. The minimum Gasteiger partial charge on any atom is -0.311 e. The van der Waals surface area contributed by atoms with Crippen molar-refractivity contribution in [3.05, 3.63) is 0 Å². The van der Waals surface area contributed by atoms with Gasteiger partial charge in [0.05, 0.1) is 6.61 Å². The van der Waals surface area contributed by atoms with Gasteiger partial charge in [0.15, 0.2) is 0 Å². The molecule has 0 aromatic heterocycles. The first-order valence-electron chi connectivity index (χ1n) is 7.05. The number of hydrogen-bond donors (Lipinski definition) is 1. The molecular weight excluding hydrogens is 257 g/mol. The van der Waals surface area contributed by atoms with Crippen LogP contribution in [0.3, 0.4) is 0 Å². The van der Waals surface area contributed by atoms with Crippen molar-refractivity contribution in [3.63, 3.8) is 0 Å². The van der Waals surface area contributed by atoms with E-state index in [0.717, 1.165) is 25.9 Å². The van der Waals surface area contributed by atoms with Crippen molar-refractivity contribution in [1.82, 2.24) is 10.2 Å². The lowest BCUT2D eigenvalue weighted by Crippen LogP contribution is -2.58. The van der Waals surface area contributed by atoms with Crippen molar-refractivity contribution < 1.29 is 17.9 Å². The molecular formula is C13H25F3N2O. The molecule has 0 saturated carbocycles. The first kappa shape index (κ1) is 16.7. The average molecular weight is 282 g/mol. The lowest BCUT2D eigenvalue weighted by molar-refractivity contribution is -0.325. The van der Waals surface area contributed by atoms with Gasteiger partial charge < -0.3 is 5.32 Å². The molecule has 1 heterocycles. The zero-order valence-electron chi connectivity index (χ0n) is 12.0. The molecule has 19 heavy (non-hydrogen) atoms. The summed E-state index contributed by atoms with van der Waals surface area (Å²) >= 11 is 0. The van der Waals surface area contributed by atoms with Crippen molar-refractivity contribution in [2.75, 3.05) is 26.2 Å². The van der Waals surface area contributed by atoms with Gasteiger partial charge in [-0.3, -0.25) is 9.64 Å². The Morgan fingerprint density at radius 2 is 2.05 bits per heavy atom. The number of rotatable bonds is 6. The molecule has 1 aliphatic heterocycles. The number of ether oxygens (including phenoxy) is 1. The Bertz CT molecular complexity index is 261. The van der Waals surface area contributed by atoms with E-state index in [2.05, 4.69) is 35.7 Å². The smallest absolute Gasteiger partial charge is 0.311 e. The van der Waals surface area contributed by atoms with Crippen LogP contribution in [0.2, 0.25) is 0 Å². The van der Waals surface area contributed by atoms with E-state index in [9.17, 15) is 13.2 Å². The summed E-state index contributed by atoms with van der Waals surface area (Å²) < 4.78 is 39.9. The van der Waals surface area contributed by atoms with Gasteiger partial charge in [0, 0.05) is 31.7 Å². The van der Waals surface area contributed by atoms with Crippen molar-refractivity contribution >= 4 is 0 Å². The minimum atomic E-state index is -4.52. The van der Waals surface area contributed by atoms with Gasteiger partial charge in [0.1, 0.15) is 0 Å². The van der Waals surface area contributed by atoms with Crippen LogP contribution in [0.15, 0.2) is 0 Å². The Morgan fingerprint density at radius 3 is 2.58 bits per heavy atom. The van der Waals surface area contributed by atoms with Gasteiger partial charge in [-0.1, -0.05) is 27.2 Å². The monoisotopic (exact) mass is 282 g/mol. The predicted molar refractivity (Wildman–Crippen MR) is 68.9 cm³/mol. The highest BCUT2D eigenvalue weighted by atomic mass is 19.4. The maximum absolute atomic E-state index is 12.0. The van der Waals surface area contributed by atoms with Crippen LogP contribution in [0, 0.1) is 5.92 Å². The highest BCUT2D eigenvalue weighted by Crippen LogP contribution is 2.19. The Balaban J connectivity index is 2.46. The summed E-state index contributed by atoms with van der Waals surface area (Å²) in [6.07, 6.45) is -2.51. The van der Waals surface area contributed by atoms with Gasteiger partial charge >= 0.3 is 6.36 Å². The van der Waals surface area contributed by atoms with E-state index in [1.54, 1.807) is 0 Å². The molecule has 0 bridgehead atoms. The van der Waals surface area contributed by atoms with Crippen LogP contribution in [-0.4, -0.2) is 49.6 Å².